The molecule has 2 heterocycles. The monoisotopic (exact) mass is 632 g/mol. The number of rotatable bonds is 15. The molecule has 2 fully saturated rings. The van der Waals surface area contributed by atoms with Gasteiger partial charge in [0.15, 0.2) is 0 Å². The number of anilines is 1. The van der Waals surface area contributed by atoms with Crippen LogP contribution < -0.4 is 10.6 Å². The van der Waals surface area contributed by atoms with E-state index in [2.05, 4.69) is 61.4 Å². The van der Waals surface area contributed by atoms with Crippen LogP contribution in [0.3, 0.4) is 0 Å². The third-order valence-corrected chi connectivity index (χ3v) is 10.7. The Balaban J connectivity index is 1.32. The van der Waals surface area contributed by atoms with Crippen molar-refractivity contribution >= 4 is 25.6 Å². The highest BCUT2D eigenvalue weighted by atomic mass is 28.3. The van der Waals surface area contributed by atoms with Gasteiger partial charge in [-0.15, -0.1) is 0 Å². The molecule has 2 aromatic heterocycles. The van der Waals surface area contributed by atoms with Crippen LogP contribution in [0.25, 0.3) is 11.1 Å². The topological polar surface area (TPSA) is 103 Å². The van der Waals surface area contributed by atoms with Crippen molar-refractivity contribution in [3.8, 4) is 11.1 Å². The number of amides is 2. The molecule has 0 aliphatic heterocycles. The molecule has 45 heavy (non-hydrogen) atoms. The van der Waals surface area contributed by atoms with Crippen LogP contribution in [0, 0.1) is 24.7 Å². The maximum Gasteiger partial charge on any atom is 0.270 e. The maximum atomic E-state index is 13.9. The summed E-state index contributed by atoms with van der Waals surface area (Å²) in [5, 5.41) is 15.5. The Morgan fingerprint density at radius 2 is 1.64 bits per heavy atom. The van der Waals surface area contributed by atoms with Crippen LogP contribution in [0.15, 0.2) is 36.5 Å². The summed E-state index contributed by atoms with van der Waals surface area (Å²) < 4.78 is 9.77. The largest absolute Gasteiger partial charge is 0.360 e. The zero-order valence-electron chi connectivity index (χ0n) is 28.4. The van der Waals surface area contributed by atoms with Gasteiger partial charge in [-0.25, -0.2) is 4.68 Å². The van der Waals surface area contributed by atoms with E-state index in [1.807, 2.05) is 37.6 Å². The molecule has 2 aliphatic rings. The van der Waals surface area contributed by atoms with E-state index in [0.717, 1.165) is 60.8 Å². The highest BCUT2D eigenvalue weighted by molar-refractivity contribution is 6.76. The minimum Gasteiger partial charge on any atom is -0.360 e. The summed E-state index contributed by atoms with van der Waals surface area (Å²) in [7, 11) is -1.16. The van der Waals surface area contributed by atoms with Crippen molar-refractivity contribution in [2.45, 2.75) is 111 Å². The molecule has 9 nitrogen and oxygen atoms in total. The van der Waals surface area contributed by atoms with Crippen LogP contribution >= 0.6 is 0 Å². The minimum absolute atomic E-state index is 0.0450. The number of benzene rings is 1. The van der Waals surface area contributed by atoms with Crippen LogP contribution in [-0.4, -0.2) is 52.1 Å². The van der Waals surface area contributed by atoms with Gasteiger partial charge in [0.25, 0.3) is 5.91 Å². The van der Waals surface area contributed by atoms with E-state index in [-0.39, 0.29) is 29.7 Å². The molecule has 0 saturated heterocycles. The lowest BCUT2D eigenvalue weighted by Crippen LogP contribution is -2.50. The lowest BCUT2D eigenvalue weighted by molar-refractivity contribution is -0.119. The Bertz CT molecular complexity index is 1470. The van der Waals surface area contributed by atoms with Gasteiger partial charge in [-0.3, -0.25) is 14.3 Å². The van der Waals surface area contributed by atoms with E-state index in [1.165, 1.54) is 0 Å². The maximum absolute atomic E-state index is 13.9. The van der Waals surface area contributed by atoms with E-state index < -0.39 is 14.1 Å². The molecular weight excluding hydrogens is 581 g/mol. The van der Waals surface area contributed by atoms with E-state index in [9.17, 15) is 9.59 Å². The zero-order chi connectivity index (χ0) is 32.5. The number of hydrogen-bond donors (Lipinski definition) is 2. The molecule has 2 amide bonds. The average molecular weight is 633 g/mol. The molecule has 2 saturated carbocycles. The van der Waals surface area contributed by atoms with E-state index in [1.54, 1.807) is 16.9 Å². The van der Waals surface area contributed by atoms with Crippen molar-refractivity contribution in [3.63, 3.8) is 0 Å². The summed E-state index contributed by atoms with van der Waals surface area (Å²) in [5.41, 5.74) is 5.48. The molecule has 2 N–H and O–H groups in total. The number of hydrogen-bond acceptors (Lipinski definition) is 5. The summed E-state index contributed by atoms with van der Waals surface area (Å²) in [6.45, 7) is 18.7. The van der Waals surface area contributed by atoms with Crippen LogP contribution in [-0.2, 0) is 16.3 Å². The Morgan fingerprint density at radius 1 is 1.00 bits per heavy atom. The Labute approximate surface area is 269 Å². The second-order valence-corrected chi connectivity index (χ2v) is 20.5. The van der Waals surface area contributed by atoms with Gasteiger partial charge in [0.05, 0.1) is 11.4 Å². The van der Waals surface area contributed by atoms with Gasteiger partial charge in [-0.1, -0.05) is 45.6 Å². The van der Waals surface area contributed by atoms with Gasteiger partial charge >= 0.3 is 0 Å². The minimum atomic E-state index is -1.16. The number of aryl methyl sites for hydroxylation is 1. The van der Waals surface area contributed by atoms with Crippen LogP contribution in [0.5, 0.6) is 0 Å². The number of nitrogens with zero attached hydrogens (tertiary/aromatic N) is 4. The second kappa shape index (κ2) is 13.6. The summed E-state index contributed by atoms with van der Waals surface area (Å²) in [6.07, 6.45) is 6.12. The summed E-state index contributed by atoms with van der Waals surface area (Å²) in [4.78, 5) is 27.4. The summed E-state index contributed by atoms with van der Waals surface area (Å²) >= 11 is 0. The lowest BCUT2D eigenvalue weighted by atomic mass is 9.88. The van der Waals surface area contributed by atoms with E-state index in [4.69, 9.17) is 9.84 Å². The fourth-order valence-corrected chi connectivity index (χ4v) is 7.22. The number of nitrogens with one attached hydrogen (secondary N) is 2. The van der Waals surface area contributed by atoms with Crippen molar-refractivity contribution < 1.29 is 14.3 Å². The third kappa shape index (κ3) is 8.13. The Kier molecular flexibility index (Phi) is 10.0. The molecule has 0 spiro atoms. The first-order valence-corrected chi connectivity index (χ1v) is 20.5. The zero-order valence-corrected chi connectivity index (χ0v) is 29.4. The fraction of sp³-hybridized carbons (Fsp3) is 0.600. The standard InChI is InChI=1S/C35H52N6O3Si/c1-22(2)33-30(24(5)39-40(33)21-44-19-20-45(6,7)8)25-13-15-28(16-14-25)37-35(43)32(31(26-9-10-26)27-11-12-27)38-34(42)29-17-18-36-41(29)23(3)4/h13-18,22-23,26-27,31-32H,9-12,19-21H2,1-8H3,(H,37,43)(H,38,42)/t32-/m0/s1. The molecule has 0 radical (unpaired) electrons. The second-order valence-electron chi connectivity index (χ2n) is 14.9. The van der Waals surface area contributed by atoms with Crippen molar-refractivity contribution in [2.24, 2.45) is 17.8 Å². The van der Waals surface area contributed by atoms with E-state index >= 15 is 0 Å². The first-order chi connectivity index (χ1) is 21.3. The predicted molar refractivity (Wildman–Crippen MR) is 182 cm³/mol. The summed E-state index contributed by atoms with van der Waals surface area (Å²) in [5.74, 6) is 0.982. The molecule has 0 unspecified atom stereocenters. The first kappa shape index (κ1) is 33.1. The molecule has 244 valence electrons. The van der Waals surface area contributed by atoms with Crippen LogP contribution in [0.2, 0.25) is 25.7 Å². The molecule has 3 aromatic rings. The SMILES string of the molecule is Cc1nn(COCC[Si](C)(C)C)c(C(C)C)c1-c1ccc(NC(=O)[C@@H](NC(=O)c2ccnn2C(C)C)C(C2CC2)C2CC2)cc1. The average Bonchev–Trinajstić information content (AvgIpc) is 3.90. The number of aromatic nitrogens is 4. The van der Waals surface area contributed by atoms with Crippen LogP contribution in [0.4, 0.5) is 5.69 Å². The quantitative estimate of drug-likeness (QED) is 0.136. The molecule has 5 rings (SSSR count). The number of ether oxygens (including phenoxy) is 1. The normalized spacial score (nSPS) is 16.1. The third-order valence-electron chi connectivity index (χ3n) is 9.04. The van der Waals surface area contributed by atoms with Gasteiger partial charge in [0.2, 0.25) is 5.91 Å². The predicted octanol–water partition coefficient (Wildman–Crippen LogP) is 7.24. The van der Waals surface area contributed by atoms with Gasteiger partial charge < -0.3 is 15.4 Å². The first-order valence-electron chi connectivity index (χ1n) is 16.7. The van der Waals surface area contributed by atoms with E-state index in [0.29, 0.717) is 29.9 Å². The number of carbonyl (C=O) groups is 2. The van der Waals surface area contributed by atoms with Crippen molar-refractivity contribution in [1.29, 1.82) is 0 Å². The Morgan fingerprint density at radius 3 is 2.20 bits per heavy atom. The van der Waals surface area contributed by atoms with Crippen molar-refractivity contribution in [2.75, 3.05) is 11.9 Å². The molecule has 10 heteroatoms. The van der Waals surface area contributed by atoms with Gasteiger partial charge in [0, 0.05) is 38.2 Å². The van der Waals surface area contributed by atoms with Crippen molar-refractivity contribution in [3.05, 3.63) is 53.6 Å². The molecular formula is C35H52N6O3Si. The molecule has 1 aromatic carbocycles. The highest BCUT2D eigenvalue weighted by Gasteiger charge is 2.48. The highest BCUT2D eigenvalue weighted by Crippen LogP contribution is 2.51. The van der Waals surface area contributed by atoms with Crippen molar-refractivity contribution in [1.82, 2.24) is 24.9 Å². The number of carbonyl (C=O) groups excluding carboxylic acids is 2. The Hall–Kier alpha value is -3.24. The molecule has 0 bridgehead atoms. The van der Waals surface area contributed by atoms with Gasteiger partial charge in [0.1, 0.15) is 18.5 Å². The fourth-order valence-electron chi connectivity index (χ4n) is 6.46. The van der Waals surface area contributed by atoms with Gasteiger partial charge in [-0.05, 0) is 99.9 Å². The smallest absolute Gasteiger partial charge is 0.270 e. The molecule has 2 aliphatic carbocycles. The summed E-state index contributed by atoms with van der Waals surface area (Å²) in [6, 6.07) is 10.3. The van der Waals surface area contributed by atoms with Gasteiger partial charge in [-0.2, -0.15) is 10.2 Å². The molecule has 1 atom stereocenters. The van der Waals surface area contributed by atoms with Crippen LogP contribution in [0.1, 0.15) is 87.2 Å². The lowest BCUT2D eigenvalue weighted by Gasteiger charge is -2.28.